The third-order valence-electron chi connectivity index (χ3n) is 15.2. The smallest absolute Gasteiger partial charge is 0.264 e. The number of hydrogen-bond acceptors (Lipinski definition) is 4. The van der Waals surface area contributed by atoms with Crippen LogP contribution in [-0.2, 0) is 16.2 Å². The molecule has 1 aromatic heterocycles. The maximum Gasteiger partial charge on any atom is 0.264 e. The lowest BCUT2D eigenvalue weighted by Gasteiger charge is -2.44. The minimum atomic E-state index is -1.86. The summed E-state index contributed by atoms with van der Waals surface area (Å²) < 4.78 is 309. The van der Waals surface area contributed by atoms with Crippen LogP contribution in [0.2, 0.25) is 0 Å². The monoisotopic (exact) mass is 1150 g/mol. The highest BCUT2D eigenvalue weighted by Crippen LogP contribution is 2.53. The summed E-state index contributed by atoms with van der Waals surface area (Å²) in [6.07, 6.45) is 0. The molecule has 3 nitrogen and oxygen atoms in total. The van der Waals surface area contributed by atoms with Crippen molar-refractivity contribution in [2.75, 3.05) is 14.7 Å². The molecule has 0 aliphatic carbocycles. The van der Waals surface area contributed by atoms with Gasteiger partial charge in [-0.15, -0.1) is 11.3 Å². The molecule has 0 radical (unpaired) electrons. The van der Waals surface area contributed by atoms with Crippen molar-refractivity contribution in [2.24, 2.45) is 0 Å². The molecule has 2 aliphatic rings. The zero-order chi connectivity index (χ0) is 86.2. The van der Waals surface area contributed by atoms with Crippen molar-refractivity contribution in [2.45, 2.75) is 78.6 Å². The molecule has 11 aromatic carbocycles. The Morgan fingerprint density at radius 3 is 1.52 bits per heavy atom. The fourth-order valence-electron chi connectivity index (χ4n) is 10.9. The predicted molar refractivity (Wildman–Crippen MR) is 368 cm³/mol. The zero-order valence-corrected chi connectivity index (χ0v) is 48.5. The Bertz CT molecular complexity index is 6330. The molecule has 2 aliphatic heterocycles. The van der Waals surface area contributed by atoms with Gasteiger partial charge in [-0.1, -0.05) is 244 Å². The summed E-state index contributed by atoms with van der Waals surface area (Å²) in [5, 5.41) is -0.294. The molecule has 0 unspecified atom stereocenters. The van der Waals surface area contributed by atoms with E-state index in [0.29, 0.717) is 11.1 Å². The van der Waals surface area contributed by atoms with Crippen molar-refractivity contribution in [3.8, 4) is 44.5 Å². The maximum atomic E-state index is 11.6. The van der Waals surface area contributed by atoms with Gasteiger partial charge < -0.3 is 14.7 Å². The summed E-state index contributed by atoms with van der Waals surface area (Å²) in [7, 11) is 0. The molecule has 0 N–H and O–H groups in total. The lowest BCUT2D eigenvalue weighted by atomic mass is 9.36. The summed E-state index contributed by atoms with van der Waals surface area (Å²) in [6.45, 7) is 15.0. The normalized spacial score (nSPS) is 18.2. The quantitative estimate of drug-likeness (QED) is 0.133. The molecule has 0 saturated carbocycles. The minimum Gasteiger partial charge on any atom is -0.311 e. The van der Waals surface area contributed by atoms with Crippen molar-refractivity contribution in [1.82, 2.24) is 0 Å². The zero-order valence-electron chi connectivity index (χ0n) is 79.7. The summed E-state index contributed by atoms with van der Waals surface area (Å²) in [5.41, 5.74) is -9.59. The fraction of sp³-hybridized carbons (Fsp3) is 0.150. The van der Waals surface area contributed by atoms with E-state index in [4.69, 9.17) is 11.0 Å². The molecule has 0 atom stereocenters. The number of benzene rings is 11. The number of hydrogen-bond donors (Lipinski definition) is 0. The Hall–Kier alpha value is -9.16. The average Bonchev–Trinajstić information content (AvgIpc) is 1.66. The molecule has 12 aromatic rings. The first-order valence-corrected chi connectivity index (χ1v) is 28.2. The molecule has 0 saturated heterocycles. The second-order valence-corrected chi connectivity index (χ2v) is 24.8. The Labute approximate surface area is 552 Å². The Morgan fingerprint density at radius 2 is 0.918 bits per heavy atom. The summed E-state index contributed by atoms with van der Waals surface area (Å²) in [6, 6.07) is -10.8. The van der Waals surface area contributed by atoms with Crippen molar-refractivity contribution in [3.05, 3.63) is 277 Å². The molecular weight excluding hydrogens is 1050 g/mol. The number of thiophene rings is 1. The topological polar surface area (TPSA) is 9.72 Å². The third-order valence-corrected chi connectivity index (χ3v) is 16.4. The standard InChI is InChI=1S/C80H70BN3S/c1-78(2,3)59-35-40-62(41-36-59)82(69-33-23-22-32-65(69)55-28-18-12-19-29-55)64-44-45-68-71(52-64)84(70-46-39-61(80(7,8)9)51-66(70)56-30-20-13-21-31-56)73-50-58(54-26-16-11-17-27-54)49-72-75(73)81(68)77-76(83(72)63-42-37-60(38-43-63)79(4,5)6)67-48-57(34-47-74(67)85-77)53-24-14-10-15-25-53/h10-52H,1-9H3/i10D,11D,12D,13D,14D,15D,16D,17D,18D,19D,20D,21D,22D,23D,24D,25D,26D,27D,28D,29D,30D,31D,32D,33D,34D,44D,45D,47D,48D,49D,50D,52D. The van der Waals surface area contributed by atoms with E-state index in [-0.39, 0.29) is 54.3 Å². The molecular formula is C80H70BN3S. The van der Waals surface area contributed by atoms with Crippen LogP contribution in [0.25, 0.3) is 54.6 Å². The Kier molecular flexibility index (Phi) is 7.14. The molecule has 3 heterocycles. The van der Waals surface area contributed by atoms with Gasteiger partial charge in [-0.3, -0.25) is 0 Å². The van der Waals surface area contributed by atoms with Gasteiger partial charge >= 0.3 is 0 Å². The summed E-state index contributed by atoms with van der Waals surface area (Å²) in [5.74, 6) is 0. The Balaban J connectivity index is 1.30. The van der Waals surface area contributed by atoms with Gasteiger partial charge in [0.25, 0.3) is 6.71 Å². The van der Waals surface area contributed by atoms with Crippen LogP contribution in [0.3, 0.4) is 0 Å². The predicted octanol–water partition coefficient (Wildman–Crippen LogP) is 21.0. The van der Waals surface area contributed by atoms with Gasteiger partial charge in [-0.05, 0) is 156 Å². The van der Waals surface area contributed by atoms with E-state index in [1.807, 2.05) is 62.3 Å². The SMILES string of the molecule is [2H]c1c([2H])c([2H])c(-c2cc(C(C)(C)C)ccc2N2c3c([2H])c(N(c4ccc(C(C)(C)C)cc4)c4c([2H])c([2H])c([2H])c([2H])c4-c4c([2H])c([2H])c([2H])c([2H])c4[2H])c([2H])c([2H])c3B3c4sc5c([2H])c([2H])c(-c6c([2H])c([2H])c([2H])c([2H])c6[2H])c([2H])c5c4N(c4ccc(C(C)(C)C)cc4)c4c([2H])c(-c5c([2H])c([2H])c([2H])c([2H])c5[2H])c([2H])c2c43)c([2H])c1[2H]. The Morgan fingerprint density at radius 1 is 0.400 bits per heavy atom. The van der Waals surface area contributed by atoms with Gasteiger partial charge in [0.2, 0.25) is 0 Å². The summed E-state index contributed by atoms with van der Waals surface area (Å²) in [4.78, 5) is 3.62. The van der Waals surface area contributed by atoms with Crippen molar-refractivity contribution in [1.29, 1.82) is 0 Å². The fourth-order valence-corrected chi connectivity index (χ4v) is 12.1. The average molecular weight is 1150 g/mol. The number of anilines is 9. The van der Waals surface area contributed by atoms with Gasteiger partial charge in [0.15, 0.2) is 0 Å². The molecule has 0 amide bonds. The van der Waals surface area contributed by atoms with Crippen LogP contribution in [0.15, 0.2) is 260 Å². The molecule has 414 valence electrons. The van der Waals surface area contributed by atoms with E-state index in [1.165, 1.54) is 34.1 Å². The summed E-state index contributed by atoms with van der Waals surface area (Å²) >= 11 is 0.729. The molecule has 0 bridgehead atoms. The number of para-hydroxylation sites is 1. The largest absolute Gasteiger partial charge is 0.311 e. The van der Waals surface area contributed by atoms with E-state index in [9.17, 15) is 32.9 Å². The van der Waals surface area contributed by atoms with Crippen molar-refractivity contribution < 1.29 is 43.9 Å². The second kappa shape index (κ2) is 20.9. The highest BCUT2D eigenvalue weighted by atomic mass is 32.1. The first-order valence-electron chi connectivity index (χ1n) is 43.4. The second-order valence-electron chi connectivity index (χ2n) is 23.7. The van der Waals surface area contributed by atoms with Crippen LogP contribution < -0.4 is 30.4 Å². The van der Waals surface area contributed by atoms with Crippen LogP contribution in [0, 0.1) is 0 Å². The number of nitrogens with zero attached hydrogens (tertiary/aromatic N) is 3. The highest BCUT2D eigenvalue weighted by molar-refractivity contribution is 7.33. The van der Waals surface area contributed by atoms with Crippen molar-refractivity contribution in [3.63, 3.8) is 0 Å². The maximum absolute atomic E-state index is 11.6. The van der Waals surface area contributed by atoms with Gasteiger partial charge in [-0.25, -0.2) is 0 Å². The first-order chi connectivity index (χ1) is 54.4. The first kappa shape index (κ1) is 29.1. The van der Waals surface area contributed by atoms with Crippen LogP contribution in [0.1, 0.15) is 123 Å². The van der Waals surface area contributed by atoms with Crippen LogP contribution >= 0.6 is 11.3 Å². The van der Waals surface area contributed by atoms with Gasteiger partial charge in [-0.2, -0.15) is 0 Å². The van der Waals surface area contributed by atoms with Crippen LogP contribution in [-0.4, -0.2) is 6.71 Å². The van der Waals surface area contributed by atoms with E-state index in [0.717, 1.165) is 21.8 Å². The van der Waals surface area contributed by atoms with Gasteiger partial charge in [0.05, 0.1) is 60.9 Å². The molecule has 5 heteroatoms. The lowest BCUT2D eigenvalue weighted by molar-refractivity contribution is 0.590. The number of fused-ring (bicyclic) bond motifs is 6. The van der Waals surface area contributed by atoms with E-state index >= 15 is 0 Å². The molecule has 0 spiro atoms. The molecule has 14 rings (SSSR count). The minimum absolute atomic E-state index is 0.0576. The van der Waals surface area contributed by atoms with Gasteiger partial charge in [0.1, 0.15) is 0 Å². The van der Waals surface area contributed by atoms with Crippen molar-refractivity contribution >= 4 is 95.0 Å². The number of rotatable bonds is 9. The highest BCUT2D eigenvalue weighted by Gasteiger charge is 2.46. The van der Waals surface area contributed by atoms with E-state index < -0.39 is 283 Å². The molecule has 85 heavy (non-hydrogen) atoms. The van der Waals surface area contributed by atoms with E-state index in [1.54, 1.807) is 42.5 Å². The van der Waals surface area contributed by atoms with E-state index in [2.05, 4.69) is 0 Å². The molecule has 0 fully saturated rings. The van der Waals surface area contributed by atoms with Crippen LogP contribution in [0.5, 0.6) is 0 Å². The van der Waals surface area contributed by atoms with Gasteiger partial charge in [0, 0.05) is 60.1 Å². The lowest BCUT2D eigenvalue weighted by Crippen LogP contribution is -2.60. The third kappa shape index (κ3) is 9.65. The van der Waals surface area contributed by atoms with Crippen LogP contribution in [0.4, 0.5) is 51.2 Å².